The summed E-state index contributed by atoms with van der Waals surface area (Å²) in [6.07, 6.45) is 10.4. The minimum atomic E-state index is 0.183. The molecule has 1 N–H and O–H groups in total. The molecule has 4 nitrogen and oxygen atoms in total. The maximum atomic E-state index is 9.21. The molecule has 0 amide bonds. The first-order chi connectivity index (χ1) is 10.0. The van der Waals surface area contributed by atoms with Crippen LogP contribution in [-0.2, 0) is 13.6 Å². The largest absolute Gasteiger partial charge is 0.395 e. The molecule has 0 saturated heterocycles. The van der Waals surface area contributed by atoms with Crippen LogP contribution in [0.1, 0.15) is 39.3 Å². The van der Waals surface area contributed by atoms with Crippen LogP contribution in [0, 0.1) is 0 Å². The Kier molecular flexibility index (Phi) is 8.01. The van der Waals surface area contributed by atoms with Crippen LogP contribution in [0.4, 0.5) is 0 Å². The van der Waals surface area contributed by atoms with Crippen molar-refractivity contribution in [1.82, 2.24) is 14.5 Å². The van der Waals surface area contributed by atoms with E-state index in [2.05, 4.69) is 42.8 Å². The summed E-state index contributed by atoms with van der Waals surface area (Å²) in [5, 5.41) is 9.21. The van der Waals surface area contributed by atoms with Crippen molar-refractivity contribution in [2.75, 3.05) is 19.7 Å². The molecular formula is C17H29N3O. The molecule has 0 atom stereocenters. The lowest BCUT2D eigenvalue weighted by Crippen LogP contribution is -2.27. The van der Waals surface area contributed by atoms with Gasteiger partial charge in [0.05, 0.1) is 18.6 Å². The number of rotatable bonds is 9. The van der Waals surface area contributed by atoms with Gasteiger partial charge in [-0.15, -0.1) is 0 Å². The zero-order valence-corrected chi connectivity index (χ0v) is 13.8. The molecule has 0 spiro atoms. The van der Waals surface area contributed by atoms with Crippen LogP contribution in [0.3, 0.4) is 0 Å². The molecule has 0 aliphatic heterocycles. The molecule has 0 radical (unpaired) electrons. The van der Waals surface area contributed by atoms with E-state index in [1.165, 1.54) is 16.8 Å². The van der Waals surface area contributed by atoms with Crippen molar-refractivity contribution in [3.05, 3.63) is 41.5 Å². The number of aryl methyl sites for hydroxylation is 1. The molecule has 0 bridgehead atoms. The molecule has 1 aromatic heterocycles. The van der Waals surface area contributed by atoms with Crippen molar-refractivity contribution in [1.29, 1.82) is 0 Å². The summed E-state index contributed by atoms with van der Waals surface area (Å²) in [6, 6.07) is 0. The first-order valence-electron chi connectivity index (χ1n) is 7.60. The molecule has 0 aliphatic rings. The van der Waals surface area contributed by atoms with Crippen LogP contribution in [0.15, 0.2) is 35.8 Å². The average Bonchev–Trinajstić information content (AvgIpc) is 2.81. The van der Waals surface area contributed by atoms with Gasteiger partial charge in [0.1, 0.15) is 0 Å². The number of aromatic nitrogens is 2. The summed E-state index contributed by atoms with van der Waals surface area (Å²) in [6.45, 7) is 9.00. The summed E-state index contributed by atoms with van der Waals surface area (Å²) in [5.74, 6) is 0. The van der Waals surface area contributed by atoms with Gasteiger partial charge in [0.2, 0.25) is 0 Å². The van der Waals surface area contributed by atoms with Gasteiger partial charge in [0.15, 0.2) is 0 Å². The predicted octanol–water partition coefficient (Wildman–Crippen LogP) is 2.91. The fraction of sp³-hybridized carbons (Fsp3) is 0.588. The van der Waals surface area contributed by atoms with E-state index < -0.39 is 0 Å². The third-order valence-electron chi connectivity index (χ3n) is 3.51. The highest BCUT2D eigenvalue weighted by molar-refractivity contribution is 5.04. The van der Waals surface area contributed by atoms with Crippen molar-refractivity contribution >= 4 is 0 Å². The molecule has 0 fully saturated rings. The highest BCUT2D eigenvalue weighted by atomic mass is 16.3. The van der Waals surface area contributed by atoms with Gasteiger partial charge in [0, 0.05) is 32.9 Å². The Hall–Kier alpha value is -1.39. The minimum Gasteiger partial charge on any atom is -0.395 e. The maximum absolute atomic E-state index is 9.21. The van der Waals surface area contributed by atoms with Gasteiger partial charge in [-0.2, -0.15) is 0 Å². The normalized spacial score (nSPS) is 12.0. The fourth-order valence-electron chi connectivity index (χ4n) is 2.12. The first kappa shape index (κ1) is 17.7. The van der Waals surface area contributed by atoms with E-state index >= 15 is 0 Å². The minimum absolute atomic E-state index is 0.183. The second-order valence-corrected chi connectivity index (χ2v) is 5.83. The van der Waals surface area contributed by atoms with E-state index in [4.69, 9.17) is 0 Å². The van der Waals surface area contributed by atoms with Crippen LogP contribution < -0.4 is 0 Å². The monoisotopic (exact) mass is 291 g/mol. The number of nitrogens with zero attached hydrogens (tertiary/aromatic N) is 3. The lowest BCUT2D eigenvalue weighted by atomic mass is 10.1. The van der Waals surface area contributed by atoms with E-state index in [0.29, 0.717) is 6.54 Å². The second-order valence-electron chi connectivity index (χ2n) is 5.83. The molecular weight excluding hydrogens is 262 g/mol. The van der Waals surface area contributed by atoms with Gasteiger partial charge in [-0.25, -0.2) is 4.98 Å². The smallest absolute Gasteiger partial charge is 0.0945 e. The maximum Gasteiger partial charge on any atom is 0.0945 e. The van der Waals surface area contributed by atoms with Crippen molar-refractivity contribution in [2.45, 2.75) is 40.2 Å². The molecule has 1 heterocycles. The predicted molar refractivity (Wildman–Crippen MR) is 88.0 cm³/mol. The lowest BCUT2D eigenvalue weighted by Gasteiger charge is -2.20. The van der Waals surface area contributed by atoms with Crippen molar-refractivity contribution in [3.8, 4) is 0 Å². The van der Waals surface area contributed by atoms with E-state index in [1.54, 1.807) is 0 Å². The summed E-state index contributed by atoms with van der Waals surface area (Å²) >= 11 is 0. The van der Waals surface area contributed by atoms with Crippen LogP contribution in [0.2, 0.25) is 0 Å². The van der Waals surface area contributed by atoms with Crippen molar-refractivity contribution in [3.63, 3.8) is 0 Å². The van der Waals surface area contributed by atoms with Crippen LogP contribution >= 0.6 is 0 Å². The van der Waals surface area contributed by atoms with Crippen LogP contribution in [0.5, 0.6) is 0 Å². The third-order valence-corrected chi connectivity index (χ3v) is 3.51. The molecule has 4 heteroatoms. The van der Waals surface area contributed by atoms with Gasteiger partial charge >= 0.3 is 0 Å². The summed E-state index contributed by atoms with van der Waals surface area (Å²) < 4.78 is 2.02. The van der Waals surface area contributed by atoms with Gasteiger partial charge < -0.3 is 9.67 Å². The number of hydrogen-bond acceptors (Lipinski definition) is 3. The number of aliphatic hydroxyl groups excluding tert-OH is 1. The van der Waals surface area contributed by atoms with E-state index in [9.17, 15) is 5.11 Å². The molecule has 0 saturated carbocycles. The Morgan fingerprint density at radius 2 is 2.10 bits per heavy atom. The van der Waals surface area contributed by atoms with E-state index in [-0.39, 0.29) is 6.61 Å². The van der Waals surface area contributed by atoms with Gasteiger partial charge in [-0.1, -0.05) is 23.3 Å². The van der Waals surface area contributed by atoms with Crippen LogP contribution in [-0.4, -0.2) is 39.3 Å². The first-order valence-corrected chi connectivity index (χ1v) is 7.60. The zero-order valence-electron chi connectivity index (χ0n) is 13.8. The Morgan fingerprint density at radius 1 is 1.33 bits per heavy atom. The number of allylic oxidation sites excluding steroid dienone is 3. The average molecular weight is 291 g/mol. The molecule has 1 aromatic rings. The topological polar surface area (TPSA) is 41.3 Å². The highest BCUT2D eigenvalue weighted by Gasteiger charge is 2.06. The zero-order chi connectivity index (χ0) is 15.7. The lowest BCUT2D eigenvalue weighted by molar-refractivity contribution is 0.200. The quantitative estimate of drug-likeness (QED) is 0.711. The second kappa shape index (κ2) is 9.53. The molecule has 118 valence electrons. The molecule has 1 rings (SSSR count). The Bertz CT molecular complexity index is 470. The van der Waals surface area contributed by atoms with Gasteiger partial charge in [-0.05, 0) is 33.6 Å². The number of hydrogen-bond donors (Lipinski definition) is 1. The Morgan fingerprint density at radius 3 is 2.67 bits per heavy atom. The summed E-state index contributed by atoms with van der Waals surface area (Å²) in [5.41, 5.74) is 3.94. The SMILES string of the molecule is CC(C)=CCCC(C)=CCN(CCO)Cc1cncn1C. The van der Waals surface area contributed by atoms with Crippen molar-refractivity contribution in [2.24, 2.45) is 7.05 Å². The molecule has 0 unspecified atom stereocenters. The fourth-order valence-corrected chi connectivity index (χ4v) is 2.12. The van der Waals surface area contributed by atoms with Gasteiger partial charge in [0.25, 0.3) is 0 Å². The standard InChI is InChI=1S/C17H29N3O/c1-15(2)6-5-7-16(3)8-9-20(10-11-21)13-17-12-18-14-19(17)4/h6,8,12,14,21H,5,7,9-11,13H2,1-4H3. The molecule has 0 aliphatic carbocycles. The number of aliphatic hydroxyl groups is 1. The Labute approximate surface area is 128 Å². The summed E-state index contributed by atoms with van der Waals surface area (Å²) in [4.78, 5) is 6.38. The third kappa shape index (κ3) is 7.25. The van der Waals surface area contributed by atoms with Crippen LogP contribution in [0.25, 0.3) is 0 Å². The van der Waals surface area contributed by atoms with Crippen molar-refractivity contribution < 1.29 is 5.11 Å². The Balaban J connectivity index is 2.50. The summed E-state index contributed by atoms with van der Waals surface area (Å²) in [7, 11) is 2.00. The highest BCUT2D eigenvalue weighted by Crippen LogP contribution is 2.08. The van der Waals surface area contributed by atoms with Gasteiger partial charge in [-0.3, -0.25) is 4.90 Å². The van der Waals surface area contributed by atoms with E-state index in [1.807, 2.05) is 24.1 Å². The molecule has 0 aromatic carbocycles. The molecule has 21 heavy (non-hydrogen) atoms. The van der Waals surface area contributed by atoms with E-state index in [0.717, 1.165) is 25.9 Å². The number of imidazole rings is 1.